The Labute approximate surface area is 141 Å². The van der Waals surface area contributed by atoms with E-state index in [1.165, 1.54) is 23.5 Å². The van der Waals surface area contributed by atoms with E-state index in [2.05, 4.69) is 15.5 Å². The van der Waals surface area contributed by atoms with Crippen molar-refractivity contribution in [2.75, 3.05) is 5.32 Å². The van der Waals surface area contributed by atoms with Gasteiger partial charge in [-0.1, -0.05) is 59.3 Å². The molecule has 2 aromatic carbocycles. The van der Waals surface area contributed by atoms with Crippen molar-refractivity contribution in [3.05, 3.63) is 64.9 Å². The van der Waals surface area contributed by atoms with Crippen LogP contribution in [0.3, 0.4) is 0 Å². The zero-order chi connectivity index (χ0) is 16.2. The minimum Gasteiger partial charge on any atom is -0.300 e. The lowest BCUT2D eigenvalue weighted by molar-refractivity contribution is -0.115. The molecule has 23 heavy (non-hydrogen) atoms. The molecule has 3 aromatic rings. The summed E-state index contributed by atoms with van der Waals surface area (Å²) in [7, 11) is 0. The maximum absolute atomic E-state index is 13.7. The van der Waals surface area contributed by atoms with Crippen LogP contribution in [-0.4, -0.2) is 16.1 Å². The molecule has 7 heteroatoms. The lowest BCUT2D eigenvalue weighted by Crippen LogP contribution is -2.15. The molecular formula is C16H11ClFN3OS. The molecule has 0 fully saturated rings. The van der Waals surface area contributed by atoms with E-state index in [1.54, 1.807) is 6.07 Å². The number of nitrogens with zero attached hydrogens (tertiary/aromatic N) is 2. The predicted molar refractivity (Wildman–Crippen MR) is 89.1 cm³/mol. The topological polar surface area (TPSA) is 54.9 Å². The lowest BCUT2D eigenvalue weighted by Gasteiger charge is -2.03. The molecule has 0 radical (unpaired) electrons. The van der Waals surface area contributed by atoms with Gasteiger partial charge in [0.1, 0.15) is 10.8 Å². The minimum absolute atomic E-state index is 0.0940. The second-order valence-electron chi connectivity index (χ2n) is 4.74. The van der Waals surface area contributed by atoms with E-state index in [4.69, 9.17) is 11.6 Å². The molecule has 1 heterocycles. The number of carbonyl (C=O) groups excluding carboxylic acids is 1. The van der Waals surface area contributed by atoms with Crippen molar-refractivity contribution in [1.29, 1.82) is 0 Å². The monoisotopic (exact) mass is 347 g/mol. The summed E-state index contributed by atoms with van der Waals surface area (Å²) in [5.74, 6) is -0.864. The van der Waals surface area contributed by atoms with Crippen molar-refractivity contribution >= 4 is 34.0 Å². The molecule has 0 unspecified atom stereocenters. The van der Waals surface area contributed by atoms with Crippen LogP contribution in [0.5, 0.6) is 0 Å². The first-order valence-corrected chi connectivity index (χ1v) is 7.94. The summed E-state index contributed by atoms with van der Waals surface area (Å²) in [5.41, 5.74) is 1.20. The molecule has 0 atom stereocenters. The van der Waals surface area contributed by atoms with Crippen LogP contribution in [0.15, 0.2) is 48.5 Å². The molecule has 0 saturated heterocycles. The van der Waals surface area contributed by atoms with Crippen molar-refractivity contribution in [1.82, 2.24) is 10.2 Å². The zero-order valence-electron chi connectivity index (χ0n) is 11.8. The molecular weight excluding hydrogens is 337 g/mol. The fourth-order valence-corrected chi connectivity index (χ4v) is 2.90. The standard InChI is InChI=1S/C16H11ClFN3OS/c17-12-7-6-11(13(18)9-12)8-14(22)19-16-21-20-15(23-16)10-4-2-1-3-5-10/h1-7,9H,8H2,(H,19,21,22). The van der Waals surface area contributed by atoms with Crippen molar-refractivity contribution in [3.8, 4) is 10.6 Å². The second-order valence-corrected chi connectivity index (χ2v) is 6.15. The van der Waals surface area contributed by atoms with Crippen molar-refractivity contribution in [2.24, 2.45) is 0 Å². The van der Waals surface area contributed by atoms with Crippen molar-refractivity contribution in [3.63, 3.8) is 0 Å². The number of benzene rings is 2. The maximum atomic E-state index is 13.7. The summed E-state index contributed by atoms with van der Waals surface area (Å²) in [6.07, 6.45) is -0.0940. The molecule has 116 valence electrons. The predicted octanol–water partition coefficient (Wildman–Crippen LogP) is 4.18. The fourth-order valence-electron chi connectivity index (χ4n) is 1.97. The van der Waals surface area contributed by atoms with Gasteiger partial charge in [-0.3, -0.25) is 4.79 Å². The van der Waals surface area contributed by atoms with E-state index >= 15 is 0 Å². The van der Waals surface area contributed by atoms with Crippen LogP contribution < -0.4 is 5.32 Å². The zero-order valence-corrected chi connectivity index (χ0v) is 13.4. The number of hydrogen-bond acceptors (Lipinski definition) is 4. The number of amides is 1. The first kappa shape index (κ1) is 15.6. The Kier molecular flexibility index (Phi) is 4.64. The number of carbonyl (C=O) groups is 1. The Morgan fingerprint density at radius 1 is 1.17 bits per heavy atom. The second kappa shape index (κ2) is 6.85. The average molecular weight is 348 g/mol. The van der Waals surface area contributed by atoms with Gasteiger partial charge >= 0.3 is 0 Å². The summed E-state index contributed by atoms with van der Waals surface area (Å²) >= 11 is 6.95. The third-order valence-electron chi connectivity index (χ3n) is 3.06. The Morgan fingerprint density at radius 2 is 1.96 bits per heavy atom. The van der Waals surface area contributed by atoms with Crippen LogP contribution in [0, 0.1) is 5.82 Å². The van der Waals surface area contributed by atoms with E-state index in [9.17, 15) is 9.18 Å². The number of halogens is 2. The van der Waals surface area contributed by atoms with Gasteiger partial charge in [-0.25, -0.2) is 4.39 Å². The number of hydrogen-bond donors (Lipinski definition) is 1. The normalized spacial score (nSPS) is 10.5. The highest BCUT2D eigenvalue weighted by Crippen LogP contribution is 2.26. The van der Waals surface area contributed by atoms with E-state index in [1.807, 2.05) is 30.3 Å². The summed E-state index contributed by atoms with van der Waals surface area (Å²) < 4.78 is 13.7. The average Bonchev–Trinajstić information content (AvgIpc) is 2.99. The minimum atomic E-state index is -0.505. The van der Waals surface area contributed by atoms with Gasteiger partial charge in [0.15, 0.2) is 0 Å². The summed E-state index contributed by atoms with van der Waals surface area (Å²) in [4.78, 5) is 12.0. The molecule has 1 amide bonds. The summed E-state index contributed by atoms with van der Waals surface area (Å²) in [6.45, 7) is 0. The van der Waals surface area contributed by atoms with Gasteiger partial charge in [0.25, 0.3) is 0 Å². The van der Waals surface area contributed by atoms with Crippen molar-refractivity contribution in [2.45, 2.75) is 6.42 Å². The van der Waals surface area contributed by atoms with Gasteiger partial charge in [0.2, 0.25) is 11.0 Å². The van der Waals surface area contributed by atoms with E-state index < -0.39 is 5.82 Å². The Hall–Kier alpha value is -2.31. The van der Waals surface area contributed by atoms with E-state index in [0.717, 1.165) is 5.56 Å². The Bertz CT molecular complexity index is 838. The molecule has 0 spiro atoms. The van der Waals surface area contributed by atoms with Gasteiger partial charge in [-0.15, -0.1) is 10.2 Å². The Balaban J connectivity index is 1.68. The SMILES string of the molecule is O=C(Cc1ccc(Cl)cc1F)Nc1nnc(-c2ccccc2)s1. The molecule has 1 aromatic heterocycles. The maximum Gasteiger partial charge on any atom is 0.230 e. The third kappa shape index (κ3) is 3.91. The molecule has 4 nitrogen and oxygen atoms in total. The molecule has 1 N–H and O–H groups in total. The van der Waals surface area contributed by atoms with Gasteiger partial charge in [0, 0.05) is 10.6 Å². The smallest absolute Gasteiger partial charge is 0.230 e. The molecule has 0 bridgehead atoms. The van der Waals surface area contributed by atoms with Crippen LogP contribution in [0.25, 0.3) is 10.6 Å². The van der Waals surface area contributed by atoms with Crippen LogP contribution in [0.4, 0.5) is 9.52 Å². The first-order valence-electron chi connectivity index (χ1n) is 6.74. The number of rotatable bonds is 4. The lowest BCUT2D eigenvalue weighted by atomic mass is 10.1. The first-order chi connectivity index (χ1) is 11.1. The van der Waals surface area contributed by atoms with Crippen LogP contribution in [0.1, 0.15) is 5.56 Å². The number of anilines is 1. The number of nitrogens with one attached hydrogen (secondary N) is 1. The molecule has 3 rings (SSSR count). The number of aromatic nitrogens is 2. The fraction of sp³-hybridized carbons (Fsp3) is 0.0625. The van der Waals surface area contributed by atoms with Gasteiger partial charge < -0.3 is 5.32 Å². The van der Waals surface area contributed by atoms with Crippen LogP contribution in [-0.2, 0) is 11.2 Å². The van der Waals surface area contributed by atoms with Gasteiger partial charge in [-0.2, -0.15) is 0 Å². The largest absolute Gasteiger partial charge is 0.300 e. The highest BCUT2D eigenvalue weighted by molar-refractivity contribution is 7.18. The molecule has 0 aliphatic carbocycles. The van der Waals surface area contributed by atoms with Gasteiger partial charge in [0.05, 0.1) is 6.42 Å². The van der Waals surface area contributed by atoms with Gasteiger partial charge in [-0.05, 0) is 17.7 Å². The quantitative estimate of drug-likeness (QED) is 0.770. The molecule has 0 saturated carbocycles. The highest BCUT2D eigenvalue weighted by Gasteiger charge is 2.12. The van der Waals surface area contributed by atoms with Crippen LogP contribution in [0.2, 0.25) is 5.02 Å². The van der Waals surface area contributed by atoms with Crippen LogP contribution >= 0.6 is 22.9 Å². The Morgan fingerprint density at radius 3 is 2.70 bits per heavy atom. The molecule has 0 aliphatic heterocycles. The van der Waals surface area contributed by atoms with E-state index in [-0.39, 0.29) is 17.9 Å². The summed E-state index contributed by atoms with van der Waals surface area (Å²) in [6, 6.07) is 13.8. The summed E-state index contributed by atoms with van der Waals surface area (Å²) in [5, 5.41) is 12.0. The van der Waals surface area contributed by atoms with Crippen molar-refractivity contribution < 1.29 is 9.18 Å². The highest BCUT2D eigenvalue weighted by atomic mass is 35.5. The molecule has 0 aliphatic rings. The van der Waals surface area contributed by atoms with E-state index in [0.29, 0.717) is 15.2 Å². The third-order valence-corrected chi connectivity index (χ3v) is 4.18.